The van der Waals surface area contributed by atoms with E-state index in [1.54, 1.807) is 12.5 Å². The number of benzene rings is 1. The largest absolute Gasteiger partial charge is 0.472 e. The summed E-state index contributed by atoms with van der Waals surface area (Å²) >= 11 is 0. The number of furan rings is 1. The summed E-state index contributed by atoms with van der Waals surface area (Å²) in [5.41, 5.74) is 2.02. The molecule has 0 aliphatic rings. The van der Waals surface area contributed by atoms with Gasteiger partial charge in [-0.2, -0.15) is 0 Å². The molecule has 0 aliphatic carbocycles. The van der Waals surface area contributed by atoms with E-state index in [4.69, 9.17) is 4.42 Å². The monoisotopic (exact) mass is 231 g/mol. The first-order valence-electron chi connectivity index (χ1n) is 5.76. The molecule has 3 heteroatoms. The summed E-state index contributed by atoms with van der Waals surface area (Å²) in [6.07, 6.45) is 2.89. The third kappa shape index (κ3) is 3.19. The van der Waals surface area contributed by atoms with Crippen molar-refractivity contribution in [3.63, 3.8) is 0 Å². The molecular formula is C14H17NO2. The van der Waals surface area contributed by atoms with Gasteiger partial charge in [-0.05, 0) is 18.6 Å². The molecule has 0 aliphatic heterocycles. The Bertz CT molecular complexity index is 425. The van der Waals surface area contributed by atoms with Crippen molar-refractivity contribution < 1.29 is 9.52 Å². The van der Waals surface area contributed by atoms with Crippen LogP contribution >= 0.6 is 0 Å². The molecule has 1 aromatic carbocycles. The Morgan fingerprint density at radius 2 is 1.94 bits per heavy atom. The molecular weight excluding hydrogens is 214 g/mol. The highest BCUT2D eigenvalue weighted by Gasteiger charge is 2.10. The van der Waals surface area contributed by atoms with Crippen LogP contribution in [0, 0.1) is 0 Å². The van der Waals surface area contributed by atoms with Crippen LogP contribution in [-0.4, -0.2) is 11.7 Å². The van der Waals surface area contributed by atoms with Gasteiger partial charge in [0, 0.05) is 18.2 Å². The van der Waals surface area contributed by atoms with Gasteiger partial charge in [-0.25, -0.2) is 0 Å². The van der Waals surface area contributed by atoms with Crippen molar-refractivity contribution in [2.45, 2.75) is 19.1 Å². The van der Waals surface area contributed by atoms with Crippen LogP contribution < -0.4 is 5.32 Å². The molecule has 2 unspecified atom stereocenters. The van der Waals surface area contributed by atoms with E-state index in [2.05, 4.69) is 5.32 Å². The average molecular weight is 231 g/mol. The molecule has 2 N–H and O–H groups in total. The summed E-state index contributed by atoms with van der Waals surface area (Å²) < 4.78 is 5.02. The van der Waals surface area contributed by atoms with Crippen molar-refractivity contribution in [2.24, 2.45) is 0 Å². The van der Waals surface area contributed by atoms with E-state index in [1.165, 1.54) is 0 Å². The lowest BCUT2D eigenvalue weighted by molar-refractivity contribution is 0.170. The number of nitrogens with one attached hydrogen (secondary N) is 1. The van der Waals surface area contributed by atoms with Crippen molar-refractivity contribution in [1.29, 1.82) is 0 Å². The molecule has 17 heavy (non-hydrogen) atoms. The highest BCUT2D eigenvalue weighted by Crippen LogP contribution is 2.15. The smallest absolute Gasteiger partial charge is 0.0950 e. The maximum atomic E-state index is 9.98. The van der Waals surface area contributed by atoms with Crippen LogP contribution in [0.15, 0.2) is 53.3 Å². The van der Waals surface area contributed by atoms with Crippen LogP contribution in [0.3, 0.4) is 0 Å². The zero-order valence-electron chi connectivity index (χ0n) is 9.84. The third-order valence-electron chi connectivity index (χ3n) is 2.84. The van der Waals surface area contributed by atoms with E-state index in [1.807, 2.05) is 43.3 Å². The van der Waals surface area contributed by atoms with Gasteiger partial charge in [-0.15, -0.1) is 0 Å². The van der Waals surface area contributed by atoms with E-state index in [-0.39, 0.29) is 6.04 Å². The molecule has 0 radical (unpaired) electrons. The molecule has 0 fully saturated rings. The molecule has 0 spiro atoms. The predicted octanol–water partition coefficient (Wildman–Crippen LogP) is 2.66. The lowest BCUT2D eigenvalue weighted by Crippen LogP contribution is -2.24. The molecule has 0 bridgehead atoms. The van der Waals surface area contributed by atoms with Crippen molar-refractivity contribution in [3.05, 3.63) is 60.1 Å². The first-order chi connectivity index (χ1) is 8.27. The normalized spacial score (nSPS) is 14.5. The standard InChI is InChI=1S/C14H17NO2/c1-11(13-7-8-17-10-13)15-9-14(16)12-5-3-2-4-6-12/h2-8,10-11,14-16H,9H2,1H3. The maximum Gasteiger partial charge on any atom is 0.0950 e. The zero-order valence-corrected chi connectivity index (χ0v) is 9.84. The van der Waals surface area contributed by atoms with Crippen molar-refractivity contribution >= 4 is 0 Å². The predicted molar refractivity (Wildman–Crippen MR) is 66.5 cm³/mol. The number of aliphatic hydroxyl groups is 1. The maximum absolute atomic E-state index is 9.98. The van der Waals surface area contributed by atoms with E-state index >= 15 is 0 Å². The van der Waals surface area contributed by atoms with Crippen molar-refractivity contribution in [1.82, 2.24) is 5.32 Å². The zero-order chi connectivity index (χ0) is 12.1. The minimum absolute atomic E-state index is 0.173. The minimum Gasteiger partial charge on any atom is -0.472 e. The van der Waals surface area contributed by atoms with Gasteiger partial charge in [0.05, 0.1) is 18.6 Å². The van der Waals surface area contributed by atoms with Gasteiger partial charge in [0.25, 0.3) is 0 Å². The molecule has 1 heterocycles. The Balaban J connectivity index is 1.86. The van der Waals surface area contributed by atoms with Gasteiger partial charge in [0.2, 0.25) is 0 Å². The summed E-state index contributed by atoms with van der Waals surface area (Å²) in [6, 6.07) is 11.7. The Kier molecular flexibility index (Phi) is 3.96. The molecule has 90 valence electrons. The quantitative estimate of drug-likeness (QED) is 0.831. The van der Waals surface area contributed by atoms with Crippen LogP contribution in [0.1, 0.15) is 30.2 Å². The average Bonchev–Trinajstić information content (AvgIpc) is 2.90. The Hall–Kier alpha value is -1.58. The fourth-order valence-corrected chi connectivity index (χ4v) is 1.72. The highest BCUT2D eigenvalue weighted by molar-refractivity contribution is 5.18. The Morgan fingerprint density at radius 1 is 1.18 bits per heavy atom. The number of aliphatic hydroxyl groups excluding tert-OH is 1. The highest BCUT2D eigenvalue weighted by atomic mass is 16.3. The second kappa shape index (κ2) is 5.66. The lowest BCUT2D eigenvalue weighted by Gasteiger charge is -2.16. The van der Waals surface area contributed by atoms with Gasteiger partial charge in [0.1, 0.15) is 0 Å². The molecule has 0 saturated carbocycles. The first kappa shape index (κ1) is 11.9. The third-order valence-corrected chi connectivity index (χ3v) is 2.84. The summed E-state index contributed by atoms with van der Waals surface area (Å²) in [5, 5.41) is 13.3. The topological polar surface area (TPSA) is 45.4 Å². The lowest BCUT2D eigenvalue weighted by atomic mass is 10.1. The second-order valence-electron chi connectivity index (χ2n) is 4.11. The SMILES string of the molecule is CC(NCC(O)c1ccccc1)c1ccoc1. The van der Waals surface area contributed by atoms with Gasteiger partial charge in [-0.1, -0.05) is 30.3 Å². The summed E-state index contributed by atoms with van der Waals surface area (Å²) in [7, 11) is 0. The minimum atomic E-state index is -0.481. The van der Waals surface area contributed by atoms with E-state index < -0.39 is 6.10 Å². The summed E-state index contributed by atoms with van der Waals surface area (Å²) in [5.74, 6) is 0. The van der Waals surface area contributed by atoms with Crippen LogP contribution in [0.4, 0.5) is 0 Å². The van der Waals surface area contributed by atoms with Gasteiger partial charge in [-0.3, -0.25) is 0 Å². The molecule has 0 amide bonds. The van der Waals surface area contributed by atoms with Crippen molar-refractivity contribution in [2.75, 3.05) is 6.54 Å². The Labute approximate surface area is 101 Å². The summed E-state index contributed by atoms with van der Waals surface area (Å²) in [4.78, 5) is 0. The van der Waals surface area contributed by atoms with Crippen molar-refractivity contribution in [3.8, 4) is 0 Å². The van der Waals surface area contributed by atoms with Gasteiger partial charge >= 0.3 is 0 Å². The van der Waals surface area contributed by atoms with Gasteiger partial charge in [0.15, 0.2) is 0 Å². The number of hydrogen-bond acceptors (Lipinski definition) is 3. The van der Waals surface area contributed by atoms with E-state index in [0.29, 0.717) is 6.54 Å². The van der Waals surface area contributed by atoms with Crippen LogP contribution in [-0.2, 0) is 0 Å². The molecule has 1 aromatic heterocycles. The van der Waals surface area contributed by atoms with Crippen LogP contribution in [0.5, 0.6) is 0 Å². The molecule has 0 saturated heterocycles. The summed E-state index contributed by atoms with van der Waals surface area (Å²) in [6.45, 7) is 2.57. The molecule has 2 atom stereocenters. The number of hydrogen-bond donors (Lipinski definition) is 2. The van der Waals surface area contributed by atoms with Gasteiger partial charge < -0.3 is 14.8 Å². The fraction of sp³-hybridized carbons (Fsp3) is 0.286. The van der Waals surface area contributed by atoms with E-state index in [0.717, 1.165) is 11.1 Å². The Morgan fingerprint density at radius 3 is 2.59 bits per heavy atom. The van der Waals surface area contributed by atoms with E-state index in [9.17, 15) is 5.11 Å². The molecule has 2 aromatic rings. The molecule has 3 nitrogen and oxygen atoms in total. The fourth-order valence-electron chi connectivity index (χ4n) is 1.72. The molecule has 2 rings (SSSR count). The second-order valence-corrected chi connectivity index (χ2v) is 4.11. The van der Waals surface area contributed by atoms with Crippen LogP contribution in [0.2, 0.25) is 0 Å². The first-order valence-corrected chi connectivity index (χ1v) is 5.76. The van der Waals surface area contributed by atoms with Crippen LogP contribution in [0.25, 0.3) is 0 Å². The number of rotatable bonds is 5.